The Morgan fingerprint density at radius 3 is 2.38 bits per heavy atom. The minimum Gasteiger partial charge on any atom is -0.444 e. The van der Waals surface area contributed by atoms with Gasteiger partial charge in [0.25, 0.3) is 0 Å². The molecule has 0 saturated carbocycles. The lowest BCUT2D eigenvalue weighted by Gasteiger charge is -2.08. The molecule has 0 radical (unpaired) electrons. The van der Waals surface area contributed by atoms with Crippen LogP contribution in [0, 0.1) is 0 Å². The smallest absolute Gasteiger partial charge is 0.408 e. The summed E-state index contributed by atoms with van der Waals surface area (Å²) in [6.45, 7) is 7.47. The van der Waals surface area contributed by atoms with Crippen molar-refractivity contribution in [3.8, 4) is 0 Å². The summed E-state index contributed by atoms with van der Waals surface area (Å²) in [6.07, 6.45) is -0.391. The molecule has 0 aliphatic carbocycles. The van der Waals surface area contributed by atoms with Gasteiger partial charge in [0.15, 0.2) is 5.78 Å². The fraction of sp³-hybridized carbons (Fsp3) is 0.778. The lowest BCUT2D eigenvalue weighted by atomic mass is 10.1. The molecule has 4 heteroatoms. The van der Waals surface area contributed by atoms with Crippen molar-refractivity contribution in [1.82, 2.24) is 5.32 Å². The first-order valence-corrected chi connectivity index (χ1v) is 4.65. The van der Waals surface area contributed by atoms with Crippen LogP contribution in [-0.2, 0) is 9.53 Å². The van der Waals surface area contributed by atoms with Gasteiger partial charge in [-0.05, 0) is 6.92 Å². The average Bonchev–Trinajstić information content (AvgIpc) is 2.47. The highest BCUT2D eigenvalue weighted by atomic mass is 16.6. The van der Waals surface area contributed by atoms with Crippen molar-refractivity contribution in [2.75, 3.05) is 0 Å². The van der Waals surface area contributed by atoms with Gasteiger partial charge >= 0.3 is 6.09 Å². The van der Waals surface area contributed by atoms with E-state index in [9.17, 15) is 9.59 Å². The molecule has 1 rings (SSSR count). The van der Waals surface area contributed by atoms with Crippen molar-refractivity contribution in [3.63, 3.8) is 0 Å². The molecule has 2 unspecified atom stereocenters. The minimum atomic E-state index is -0.496. The van der Waals surface area contributed by atoms with Crippen molar-refractivity contribution in [1.29, 1.82) is 0 Å². The first kappa shape index (κ1) is 11.9. The van der Waals surface area contributed by atoms with E-state index in [1.165, 1.54) is 0 Å². The zero-order valence-electron chi connectivity index (χ0n) is 8.59. The van der Waals surface area contributed by atoms with Gasteiger partial charge in [0, 0.05) is 6.42 Å². The van der Waals surface area contributed by atoms with Crippen LogP contribution in [0.1, 0.15) is 34.1 Å². The molecule has 1 aliphatic rings. The summed E-state index contributed by atoms with van der Waals surface area (Å²) in [6, 6.07) is -0.438. The summed E-state index contributed by atoms with van der Waals surface area (Å²) in [5.41, 5.74) is 0. The van der Waals surface area contributed by atoms with Gasteiger partial charge in [0.2, 0.25) is 0 Å². The fourth-order valence-electron chi connectivity index (χ4n) is 1.08. The zero-order chi connectivity index (χ0) is 10.4. The van der Waals surface area contributed by atoms with Crippen molar-refractivity contribution in [2.45, 2.75) is 46.3 Å². The maximum atomic E-state index is 11.1. The molecule has 0 bridgehead atoms. The van der Waals surface area contributed by atoms with Crippen molar-refractivity contribution in [3.05, 3.63) is 0 Å². The van der Waals surface area contributed by atoms with Gasteiger partial charge < -0.3 is 10.1 Å². The molecule has 0 aromatic rings. The third-order valence-electron chi connectivity index (χ3n) is 1.73. The van der Waals surface area contributed by atoms with Crippen LogP contribution >= 0.6 is 0 Å². The highest BCUT2D eigenvalue weighted by molar-refractivity contribution is 5.89. The summed E-state index contributed by atoms with van der Waals surface area (Å²) in [7, 11) is 0. The highest BCUT2D eigenvalue weighted by Gasteiger charge is 2.34. The Bertz CT molecular complexity index is 191. The number of alkyl carbamates (subject to hydrolysis) is 1. The second kappa shape index (κ2) is 5.56. The topological polar surface area (TPSA) is 55.4 Å². The number of hydrogen-bond acceptors (Lipinski definition) is 3. The van der Waals surface area contributed by atoms with Gasteiger partial charge in [0.1, 0.15) is 12.1 Å². The van der Waals surface area contributed by atoms with Gasteiger partial charge in [-0.25, -0.2) is 4.79 Å². The summed E-state index contributed by atoms with van der Waals surface area (Å²) in [5, 5.41) is 2.44. The van der Waals surface area contributed by atoms with Crippen LogP contribution in [0.2, 0.25) is 0 Å². The lowest BCUT2D eigenvalue weighted by Crippen LogP contribution is -2.37. The Kier molecular flexibility index (Phi) is 5.11. The van der Waals surface area contributed by atoms with Crippen LogP contribution in [0.15, 0.2) is 0 Å². The van der Waals surface area contributed by atoms with E-state index in [1.54, 1.807) is 13.8 Å². The van der Waals surface area contributed by atoms with Gasteiger partial charge in [-0.1, -0.05) is 20.8 Å². The molecular formula is C9H17NO3. The third-order valence-corrected chi connectivity index (χ3v) is 1.73. The largest absolute Gasteiger partial charge is 0.444 e. The number of amides is 1. The molecule has 0 aromatic carbocycles. The number of carbonyl (C=O) groups excluding carboxylic acids is 2. The zero-order valence-corrected chi connectivity index (χ0v) is 8.59. The quantitative estimate of drug-likeness (QED) is 0.712. The maximum absolute atomic E-state index is 11.1. The predicted octanol–water partition coefficient (Wildman–Crippen LogP) is 1.49. The predicted molar refractivity (Wildman–Crippen MR) is 49.5 cm³/mol. The Labute approximate surface area is 78.6 Å². The number of ketones is 1. The standard InChI is InChI=1S/C7H11NO3.C2H6/c1-3-5(9)6-4(2)11-7(10)8-6;1-2/h4,6H,3H2,1-2H3,(H,8,10);1-2H3. The molecule has 0 spiro atoms. The molecule has 2 atom stereocenters. The first-order valence-electron chi connectivity index (χ1n) is 4.65. The van der Waals surface area contributed by atoms with Crippen LogP contribution in [-0.4, -0.2) is 24.0 Å². The number of hydrogen-bond donors (Lipinski definition) is 1. The van der Waals surface area contributed by atoms with E-state index >= 15 is 0 Å². The summed E-state index contributed by atoms with van der Waals surface area (Å²) in [5.74, 6) is 0.0170. The number of ether oxygens (including phenoxy) is 1. The van der Waals surface area contributed by atoms with Crippen LogP contribution in [0.5, 0.6) is 0 Å². The van der Waals surface area contributed by atoms with E-state index < -0.39 is 12.1 Å². The van der Waals surface area contributed by atoms with Crippen molar-refractivity contribution < 1.29 is 14.3 Å². The van der Waals surface area contributed by atoms with Crippen molar-refractivity contribution in [2.24, 2.45) is 0 Å². The summed E-state index contributed by atoms with van der Waals surface area (Å²) in [4.78, 5) is 21.7. The molecule has 1 heterocycles. The Morgan fingerprint density at radius 2 is 2.08 bits per heavy atom. The molecule has 76 valence electrons. The Hall–Kier alpha value is -1.06. The normalized spacial score (nSPS) is 25.4. The average molecular weight is 187 g/mol. The second-order valence-corrected chi connectivity index (χ2v) is 2.55. The SMILES string of the molecule is CC.CCC(=O)C1NC(=O)OC1C. The second-order valence-electron chi connectivity index (χ2n) is 2.55. The number of carbonyl (C=O) groups is 2. The van der Waals surface area contributed by atoms with E-state index in [4.69, 9.17) is 4.74 Å². The van der Waals surface area contributed by atoms with Gasteiger partial charge in [-0.3, -0.25) is 4.79 Å². The summed E-state index contributed by atoms with van der Waals surface area (Å²) < 4.78 is 4.73. The monoisotopic (exact) mass is 187 g/mol. The molecule has 1 N–H and O–H groups in total. The molecule has 13 heavy (non-hydrogen) atoms. The van der Waals surface area contributed by atoms with E-state index in [0.29, 0.717) is 6.42 Å². The number of rotatable bonds is 2. The maximum Gasteiger partial charge on any atom is 0.408 e. The number of nitrogens with one attached hydrogen (secondary N) is 1. The highest BCUT2D eigenvalue weighted by Crippen LogP contribution is 2.09. The van der Waals surface area contributed by atoms with Crippen LogP contribution in [0.4, 0.5) is 4.79 Å². The Balaban J connectivity index is 0.000000671. The molecule has 0 aromatic heterocycles. The molecular weight excluding hydrogens is 170 g/mol. The van der Waals surface area contributed by atoms with Gasteiger partial charge in [-0.15, -0.1) is 0 Å². The number of cyclic esters (lactones) is 1. The van der Waals surface area contributed by atoms with E-state index in [2.05, 4.69) is 5.32 Å². The molecule has 1 fully saturated rings. The van der Waals surface area contributed by atoms with Crippen LogP contribution < -0.4 is 5.32 Å². The van der Waals surface area contributed by atoms with Crippen molar-refractivity contribution >= 4 is 11.9 Å². The van der Waals surface area contributed by atoms with E-state index in [0.717, 1.165) is 0 Å². The van der Waals surface area contributed by atoms with E-state index in [-0.39, 0.29) is 11.9 Å². The van der Waals surface area contributed by atoms with Gasteiger partial charge in [-0.2, -0.15) is 0 Å². The summed E-state index contributed by atoms with van der Waals surface area (Å²) >= 11 is 0. The van der Waals surface area contributed by atoms with E-state index in [1.807, 2.05) is 13.8 Å². The molecule has 4 nitrogen and oxygen atoms in total. The fourth-order valence-corrected chi connectivity index (χ4v) is 1.08. The van der Waals surface area contributed by atoms with Gasteiger partial charge in [0.05, 0.1) is 0 Å². The molecule has 1 saturated heterocycles. The molecule has 1 amide bonds. The first-order chi connectivity index (χ1) is 6.15. The third kappa shape index (κ3) is 3.05. The lowest BCUT2D eigenvalue weighted by molar-refractivity contribution is -0.121. The minimum absolute atomic E-state index is 0.0170. The molecule has 1 aliphatic heterocycles. The number of Topliss-reactive ketones (excluding diaryl/α,β-unsaturated/α-hetero) is 1. The van der Waals surface area contributed by atoms with Crippen LogP contribution in [0.3, 0.4) is 0 Å². The van der Waals surface area contributed by atoms with Crippen LogP contribution in [0.25, 0.3) is 0 Å². The Morgan fingerprint density at radius 1 is 1.54 bits per heavy atom.